The first kappa shape index (κ1) is 8.97. The number of carbonyl (C=O) groups excluding carboxylic acids is 1. The number of ether oxygens (including phenoxy) is 1. The van der Waals surface area contributed by atoms with Crippen molar-refractivity contribution in [3.63, 3.8) is 0 Å². The van der Waals surface area contributed by atoms with Gasteiger partial charge in [0.25, 0.3) is 0 Å². The first-order valence-electron chi connectivity index (χ1n) is 4.63. The Labute approximate surface area is 76.5 Å². The van der Waals surface area contributed by atoms with E-state index in [2.05, 4.69) is 0 Å². The van der Waals surface area contributed by atoms with E-state index in [4.69, 9.17) is 4.74 Å². The van der Waals surface area contributed by atoms with Gasteiger partial charge in [0.1, 0.15) is 6.10 Å². The van der Waals surface area contributed by atoms with Crippen LogP contribution >= 0.6 is 0 Å². The lowest BCUT2D eigenvalue weighted by atomic mass is 9.92. The average molecular weight is 186 g/mol. The summed E-state index contributed by atoms with van der Waals surface area (Å²) in [7, 11) is 0. The molecular formula is C9H14O4. The molecule has 0 spiro atoms. The van der Waals surface area contributed by atoms with Crippen molar-refractivity contribution < 1.29 is 19.7 Å². The summed E-state index contributed by atoms with van der Waals surface area (Å²) in [4.78, 5) is 10.7. The van der Waals surface area contributed by atoms with Crippen molar-refractivity contribution in [3.05, 3.63) is 0 Å². The number of hydrogen-bond acceptors (Lipinski definition) is 4. The van der Waals surface area contributed by atoms with Crippen molar-refractivity contribution in [1.29, 1.82) is 0 Å². The molecule has 2 aliphatic rings. The second-order valence-corrected chi connectivity index (χ2v) is 4.02. The average Bonchev–Trinajstić information content (AvgIpc) is 2.53. The molecule has 0 heterocycles. The van der Waals surface area contributed by atoms with E-state index in [0.717, 1.165) is 6.42 Å². The van der Waals surface area contributed by atoms with Crippen LogP contribution in [0.25, 0.3) is 0 Å². The highest BCUT2D eigenvalue weighted by molar-refractivity contribution is 5.66. The summed E-state index contributed by atoms with van der Waals surface area (Å²) >= 11 is 0. The van der Waals surface area contributed by atoms with Crippen LogP contribution in [-0.2, 0) is 9.53 Å². The van der Waals surface area contributed by atoms with E-state index in [9.17, 15) is 15.0 Å². The summed E-state index contributed by atoms with van der Waals surface area (Å²) in [6, 6.07) is 0. The first-order valence-corrected chi connectivity index (χ1v) is 4.63. The van der Waals surface area contributed by atoms with Crippen LogP contribution in [0.3, 0.4) is 0 Å². The molecule has 2 fully saturated rings. The molecule has 4 nitrogen and oxygen atoms in total. The number of aliphatic hydroxyl groups excluding tert-OH is 2. The minimum Gasteiger partial charge on any atom is -0.462 e. The van der Waals surface area contributed by atoms with Crippen LogP contribution in [0.4, 0.5) is 0 Å². The Morgan fingerprint density at radius 1 is 1.31 bits per heavy atom. The van der Waals surface area contributed by atoms with Gasteiger partial charge >= 0.3 is 5.97 Å². The van der Waals surface area contributed by atoms with Gasteiger partial charge in [-0.25, -0.2) is 0 Å². The van der Waals surface area contributed by atoms with Gasteiger partial charge in [0.15, 0.2) is 0 Å². The molecule has 2 aliphatic carbocycles. The number of esters is 1. The van der Waals surface area contributed by atoms with E-state index < -0.39 is 12.2 Å². The van der Waals surface area contributed by atoms with Crippen molar-refractivity contribution in [2.45, 2.75) is 38.1 Å². The van der Waals surface area contributed by atoms with E-state index in [1.165, 1.54) is 6.92 Å². The van der Waals surface area contributed by atoms with Gasteiger partial charge in [-0.3, -0.25) is 4.79 Å². The molecule has 0 aromatic heterocycles. The van der Waals surface area contributed by atoms with E-state index in [-0.39, 0.29) is 23.9 Å². The van der Waals surface area contributed by atoms with Gasteiger partial charge in [-0.2, -0.15) is 0 Å². The molecule has 4 heteroatoms. The Hall–Kier alpha value is -0.610. The monoisotopic (exact) mass is 186 g/mol. The topological polar surface area (TPSA) is 66.8 Å². The highest BCUT2D eigenvalue weighted by atomic mass is 16.5. The molecule has 0 aromatic rings. The fourth-order valence-corrected chi connectivity index (χ4v) is 2.59. The van der Waals surface area contributed by atoms with Crippen LogP contribution in [0.1, 0.15) is 19.8 Å². The van der Waals surface area contributed by atoms with Gasteiger partial charge in [0, 0.05) is 12.8 Å². The standard InChI is InChI=1S/C9H14O4/c1-4(10)13-7-3-5-2-6(7)9(12)8(5)11/h5-9,11-12H,2-3H2,1H3/t5-,6+,7+,8-,9+/m1/s1. The van der Waals surface area contributed by atoms with Crippen LogP contribution in [0.5, 0.6) is 0 Å². The molecular weight excluding hydrogens is 172 g/mol. The maximum absolute atomic E-state index is 10.7. The highest BCUT2D eigenvalue weighted by Gasteiger charge is 2.53. The van der Waals surface area contributed by atoms with Crippen LogP contribution < -0.4 is 0 Å². The lowest BCUT2D eigenvalue weighted by Crippen LogP contribution is -2.40. The number of carbonyl (C=O) groups is 1. The molecule has 2 rings (SSSR count). The normalized spacial score (nSPS) is 48.1. The van der Waals surface area contributed by atoms with Crippen LogP contribution in [-0.4, -0.2) is 34.5 Å². The lowest BCUT2D eigenvalue weighted by molar-refractivity contribution is -0.154. The van der Waals surface area contributed by atoms with Gasteiger partial charge in [0.2, 0.25) is 0 Å². The maximum atomic E-state index is 10.7. The molecule has 0 aromatic carbocycles. The summed E-state index contributed by atoms with van der Waals surface area (Å²) in [6.45, 7) is 1.37. The van der Waals surface area contributed by atoms with E-state index >= 15 is 0 Å². The number of rotatable bonds is 1. The minimum absolute atomic E-state index is 0.0519. The molecule has 0 unspecified atom stereocenters. The first-order chi connectivity index (χ1) is 6.09. The van der Waals surface area contributed by atoms with Gasteiger partial charge < -0.3 is 14.9 Å². The third-order valence-electron chi connectivity index (χ3n) is 3.18. The van der Waals surface area contributed by atoms with Crippen molar-refractivity contribution >= 4 is 5.97 Å². The Bertz CT molecular complexity index is 226. The predicted molar refractivity (Wildman–Crippen MR) is 43.8 cm³/mol. The van der Waals surface area contributed by atoms with Crippen LogP contribution in [0, 0.1) is 11.8 Å². The van der Waals surface area contributed by atoms with Crippen LogP contribution in [0.15, 0.2) is 0 Å². The zero-order valence-electron chi connectivity index (χ0n) is 7.51. The van der Waals surface area contributed by atoms with Crippen molar-refractivity contribution in [2.75, 3.05) is 0 Å². The molecule has 5 atom stereocenters. The summed E-state index contributed by atoms with van der Waals surface area (Å²) in [6.07, 6.45) is -0.0243. The fraction of sp³-hybridized carbons (Fsp3) is 0.889. The number of fused-ring (bicyclic) bond motifs is 2. The fourth-order valence-electron chi connectivity index (χ4n) is 2.59. The quantitative estimate of drug-likeness (QED) is 0.551. The molecule has 13 heavy (non-hydrogen) atoms. The minimum atomic E-state index is -0.705. The van der Waals surface area contributed by atoms with Crippen LogP contribution in [0.2, 0.25) is 0 Å². The number of hydrogen-bond donors (Lipinski definition) is 2. The van der Waals surface area contributed by atoms with Crippen molar-refractivity contribution in [2.24, 2.45) is 11.8 Å². The molecule has 0 radical (unpaired) electrons. The third kappa shape index (κ3) is 1.34. The highest BCUT2D eigenvalue weighted by Crippen LogP contribution is 2.46. The number of aliphatic hydroxyl groups is 2. The van der Waals surface area contributed by atoms with Gasteiger partial charge in [-0.1, -0.05) is 0 Å². The Morgan fingerprint density at radius 2 is 2.00 bits per heavy atom. The second-order valence-electron chi connectivity index (χ2n) is 4.02. The third-order valence-corrected chi connectivity index (χ3v) is 3.18. The smallest absolute Gasteiger partial charge is 0.302 e. The van der Waals surface area contributed by atoms with Crippen molar-refractivity contribution in [3.8, 4) is 0 Å². The Morgan fingerprint density at radius 3 is 2.46 bits per heavy atom. The van der Waals surface area contributed by atoms with Gasteiger partial charge in [-0.15, -0.1) is 0 Å². The molecule has 0 amide bonds. The summed E-state index contributed by atoms with van der Waals surface area (Å²) in [5, 5.41) is 19.0. The van der Waals surface area contributed by atoms with Gasteiger partial charge in [-0.05, 0) is 18.8 Å². The van der Waals surface area contributed by atoms with E-state index in [1.807, 2.05) is 0 Å². The van der Waals surface area contributed by atoms with E-state index in [1.54, 1.807) is 0 Å². The SMILES string of the molecule is CC(=O)O[C@H]1C[C@H]2C[C@@H]1[C@H](O)[C@@H]2O. The molecule has 2 N–H and O–H groups in total. The zero-order valence-corrected chi connectivity index (χ0v) is 7.51. The zero-order chi connectivity index (χ0) is 9.59. The Kier molecular flexibility index (Phi) is 2.04. The summed E-state index contributed by atoms with van der Waals surface area (Å²) in [5.74, 6) is -0.243. The molecule has 2 saturated carbocycles. The molecule has 74 valence electrons. The maximum Gasteiger partial charge on any atom is 0.302 e. The predicted octanol–water partition coefficient (Wildman–Crippen LogP) is -0.320. The van der Waals surface area contributed by atoms with E-state index in [0.29, 0.717) is 6.42 Å². The molecule has 2 bridgehead atoms. The van der Waals surface area contributed by atoms with Gasteiger partial charge in [0.05, 0.1) is 12.2 Å². The summed E-state index contributed by atoms with van der Waals surface area (Å²) < 4.78 is 5.05. The summed E-state index contributed by atoms with van der Waals surface area (Å²) in [5.41, 5.74) is 0. The largest absolute Gasteiger partial charge is 0.462 e. The molecule has 0 aliphatic heterocycles. The molecule has 0 saturated heterocycles. The lowest BCUT2D eigenvalue weighted by Gasteiger charge is -2.28. The van der Waals surface area contributed by atoms with Crippen molar-refractivity contribution in [1.82, 2.24) is 0 Å². The second kappa shape index (κ2) is 2.96. The Balaban J connectivity index is 2.02.